The second-order valence-electron chi connectivity index (χ2n) is 4.69. The van der Waals surface area contributed by atoms with Gasteiger partial charge in [-0.3, -0.25) is 4.79 Å². The van der Waals surface area contributed by atoms with Crippen LogP contribution in [0.3, 0.4) is 0 Å². The summed E-state index contributed by atoms with van der Waals surface area (Å²) in [5.74, 6) is -32.7. The Labute approximate surface area is 141 Å². The van der Waals surface area contributed by atoms with Crippen molar-refractivity contribution in [2.45, 2.75) is 48.8 Å². The van der Waals surface area contributed by atoms with Crippen molar-refractivity contribution < 1.29 is 66.6 Å². The second-order valence-corrected chi connectivity index (χ2v) is 5.01. The SMILES string of the molecule is O=C(CS)OC(F)(F)C(F)(F)C(F)(F)C(F)(F)C(F)(F)CCC(F)(F)F. The van der Waals surface area contributed by atoms with Gasteiger partial charge in [0.1, 0.15) is 0 Å². The van der Waals surface area contributed by atoms with E-state index in [4.69, 9.17) is 0 Å². The maximum Gasteiger partial charge on any atom is 0.473 e. The summed E-state index contributed by atoms with van der Waals surface area (Å²) in [6.45, 7) is 0. The molecule has 0 aliphatic carbocycles. The maximum atomic E-state index is 13.2. The Morgan fingerprint density at radius 3 is 1.46 bits per heavy atom. The van der Waals surface area contributed by atoms with Crippen LogP contribution in [0.15, 0.2) is 0 Å². The molecule has 0 fully saturated rings. The minimum absolute atomic E-state index is 1.41. The predicted molar refractivity (Wildman–Crippen MR) is 60.0 cm³/mol. The lowest BCUT2D eigenvalue weighted by Crippen LogP contribution is -2.68. The topological polar surface area (TPSA) is 26.3 Å². The molecule has 0 bridgehead atoms. The van der Waals surface area contributed by atoms with Crippen molar-refractivity contribution in [2.75, 3.05) is 5.75 Å². The quantitative estimate of drug-likeness (QED) is 0.330. The van der Waals surface area contributed by atoms with E-state index in [-0.39, 0.29) is 0 Å². The summed E-state index contributed by atoms with van der Waals surface area (Å²) in [4.78, 5) is 10.4. The molecule has 0 aromatic heterocycles. The Kier molecular flexibility index (Phi) is 6.85. The van der Waals surface area contributed by atoms with Gasteiger partial charge in [0.2, 0.25) is 0 Å². The van der Waals surface area contributed by atoms with Crippen molar-refractivity contribution >= 4 is 18.6 Å². The molecule has 0 aromatic carbocycles. The lowest BCUT2D eigenvalue weighted by molar-refractivity contribution is -0.437. The minimum atomic E-state index is -7.62. The largest absolute Gasteiger partial charge is 0.473 e. The van der Waals surface area contributed by atoms with E-state index in [0.29, 0.717) is 0 Å². The van der Waals surface area contributed by atoms with Gasteiger partial charge in [-0.15, -0.1) is 0 Å². The number of carbonyl (C=O) groups excluding carboxylic acids is 1. The summed E-state index contributed by atoms with van der Waals surface area (Å²) in [5.41, 5.74) is 0. The van der Waals surface area contributed by atoms with Gasteiger partial charge in [0.15, 0.2) is 0 Å². The third kappa shape index (κ3) is 4.60. The van der Waals surface area contributed by atoms with Gasteiger partial charge in [0, 0.05) is 12.8 Å². The molecule has 0 unspecified atom stereocenters. The molecule has 156 valence electrons. The number of thiol groups is 1. The molecular formula is C10H7F13O2S. The van der Waals surface area contributed by atoms with Gasteiger partial charge >= 0.3 is 41.9 Å². The van der Waals surface area contributed by atoms with E-state index in [0.717, 1.165) is 0 Å². The molecule has 0 atom stereocenters. The van der Waals surface area contributed by atoms with E-state index >= 15 is 0 Å². The zero-order valence-electron chi connectivity index (χ0n) is 11.8. The fourth-order valence-electron chi connectivity index (χ4n) is 1.30. The zero-order chi connectivity index (χ0) is 21.4. The first-order valence-corrected chi connectivity index (χ1v) is 6.58. The van der Waals surface area contributed by atoms with Crippen LogP contribution in [-0.4, -0.2) is 47.7 Å². The number of hydrogen-bond donors (Lipinski definition) is 1. The number of rotatable bonds is 8. The van der Waals surface area contributed by atoms with Gasteiger partial charge in [-0.2, -0.15) is 69.7 Å². The molecule has 26 heavy (non-hydrogen) atoms. The first kappa shape index (κ1) is 24.9. The molecule has 16 heteroatoms. The van der Waals surface area contributed by atoms with Gasteiger partial charge in [-0.05, 0) is 0 Å². The highest BCUT2D eigenvalue weighted by Crippen LogP contribution is 2.58. The molecule has 0 saturated heterocycles. The fourth-order valence-corrected chi connectivity index (χ4v) is 1.37. The number of alkyl halides is 13. The third-order valence-electron chi connectivity index (χ3n) is 2.71. The summed E-state index contributed by atoms with van der Waals surface area (Å²) in [6, 6.07) is 0. The van der Waals surface area contributed by atoms with Crippen LogP contribution in [0.4, 0.5) is 57.1 Å². The average molecular weight is 438 g/mol. The summed E-state index contributed by atoms with van der Waals surface area (Å²) in [7, 11) is 0. The third-order valence-corrected chi connectivity index (χ3v) is 2.97. The Hall–Kier alpha value is -1.09. The van der Waals surface area contributed by atoms with Crippen LogP contribution in [0, 0.1) is 0 Å². The first-order chi connectivity index (χ1) is 11.2. The summed E-state index contributed by atoms with van der Waals surface area (Å²) in [5, 5.41) is 0. The van der Waals surface area contributed by atoms with Crippen LogP contribution in [-0.2, 0) is 9.53 Å². The van der Waals surface area contributed by atoms with Crippen molar-refractivity contribution in [2.24, 2.45) is 0 Å². The molecule has 2 nitrogen and oxygen atoms in total. The van der Waals surface area contributed by atoms with Crippen molar-refractivity contribution in [3.8, 4) is 0 Å². The van der Waals surface area contributed by atoms with E-state index in [9.17, 15) is 61.9 Å². The van der Waals surface area contributed by atoms with Gasteiger partial charge < -0.3 is 4.74 Å². The number of hydrogen-bond acceptors (Lipinski definition) is 3. The number of halogens is 13. The van der Waals surface area contributed by atoms with Crippen LogP contribution < -0.4 is 0 Å². The molecule has 0 saturated carbocycles. The normalized spacial score (nSPS) is 15.2. The van der Waals surface area contributed by atoms with Crippen LogP contribution in [0.2, 0.25) is 0 Å². The molecule has 0 amide bonds. The van der Waals surface area contributed by atoms with Gasteiger partial charge in [-0.25, -0.2) is 0 Å². The Bertz CT molecular complexity index is 514. The van der Waals surface area contributed by atoms with Gasteiger partial charge in [0.25, 0.3) is 0 Å². The zero-order valence-corrected chi connectivity index (χ0v) is 12.7. The van der Waals surface area contributed by atoms with E-state index < -0.39 is 60.5 Å². The maximum absolute atomic E-state index is 13.2. The number of esters is 1. The summed E-state index contributed by atoms with van der Waals surface area (Å²) in [6.07, 6.45) is -18.2. The average Bonchev–Trinajstić information content (AvgIpc) is 2.43. The van der Waals surface area contributed by atoms with E-state index in [1.54, 1.807) is 0 Å². The smallest absolute Gasteiger partial charge is 0.395 e. The van der Waals surface area contributed by atoms with Crippen molar-refractivity contribution in [1.82, 2.24) is 0 Å². The lowest BCUT2D eigenvalue weighted by atomic mass is 9.95. The highest BCUT2D eigenvalue weighted by Gasteiger charge is 2.87. The standard InChI is InChI=1S/C10H7F13O2S/c11-5(12,1-2-6(13,14)15)7(16,17)8(18,19)9(20,21)10(22,23)25-4(24)3-26/h26H,1-3H2. The monoisotopic (exact) mass is 438 g/mol. The summed E-state index contributed by atoms with van der Waals surface area (Å²) < 4.78 is 169. The molecule has 0 rings (SSSR count). The van der Waals surface area contributed by atoms with Crippen LogP contribution in [0.1, 0.15) is 12.8 Å². The van der Waals surface area contributed by atoms with E-state index in [1.807, 2.05) is 0 Å². The van der Waals surface area contributed by atoms with E-state index in [2.05, 4.69) is 17.4 Å². The lowest BCUT2D eigenvalue weighted by Gasteiger charge is -2.38. The number of ether oxygens (including phenoxy) is 1. The molecule has 0 heterocycles. The molecule has 0 aromatic rings. The molecule has 0 spiro atoms. The second kappa shape index (κ2) is 7.14. The number of carbonyl (C=O) groups is 1. The van der Waals surface area contributed by atoms with Gasteiger partial charge in [-0.1, -0.05) is 0 Å². The van der Waals surface area contributed by atoms with Crippen LogP contribution >= 0.6 is 12.6 Å². The Balaban J connectivity index is 5.89. The highest BCUT2D eigenvalue weighted by atomic mass is 32.1. The summed E-state index contributed by atoms with van der Waals surface area (Å²) >= 11 is 2.94. The molecule has 0 radical (unpaired) electrons. The Morgan fingerprint density at radius 2 is 1.12 bits per heavy atom. The highest BCUT2D eigenvalue weighted by molar-refractivity contribution is 7.81. The first-order valence-electron chi connectivity index (χ1n) is 5.95. The molecule has 0 aliphatic heterocycles. The van der Waals surface area contributed by atoms with Crippen molar-refractivity contribution in [3.05, 3.63) is 0 Å². The predicted octanol–water partition coefficient (Wildman–Crippen LogP) is 4.94. The molecular weight excluding hydrogens is 431 g/mol. The molecule has 0 aliphatic rings. The Morgan fingerprint density at radius 1 is 0.692 bits per heavy atom. The minimum Gasteiger partial charge on any atom is -0.395 e. The van der Waals surface area contributed by atoms with Crippen molar-refractivity contribution in [1.29, 1.82) is 0 Å². The van der Waals surface area contributed by atoms with Crippen LogP contribution in [0.25, 0.3) is 0 Å². The van der Waals surface area contributed by atoms with E-state index in [1.165, 1.54) is 0 Å². The fraction of sp³-hybridized carbons (Fsp3) is 0.900. The van der Waals surface area contributed by atoms with Crippen molar-refractivity contribution in [3.63, 3.8) is 0 Å². The van der Waals surface area contributed by atoms with Gasteiger partial charge in [0.05, 0.1) is 5.75 Å². The molecule has 0 N–H and O–H groups in total. The van der Waals surface area contributed by atoms with Crippen LogP contribution in [0.5, 0.6) is 0 Å².